The van der Waals surface area contributed by atoms with Crippen LogP contribution in [0.5, 0.6) is 5.75 Å². The number of carbonyl (C=O) groups is 3. The summed E-state index contributed by atoms with van der Waals surface area (Å²) >= 11 is 0. The van der Waals surface area contributed by atoms with Crippen LogP contribution in [0.1, 0.15) is 35.2 Å². The molecular formula is C22H25N5O4. The van der Waals surface area contributed by atoms with Crippen LogP contribution in [0.25, 0.3) is 0 Å². The largest absolute Gasteiger partial charge is 0.507 e. The molecule has 7 N–H and O–H groups in total. The van der Waals surface area contributed by atoms with E-state index < -0.39 is 23.9 Å². The van der Waals surface area contributed by atoms with Crippen LogP contribution in [0, 0.1) is 0 Å². The molecule has 0 aromatic heterocycles. The maximum Gasteiger partial charge on any atom is 0.255 e. The summed E-state index contributed by atoms with van der Waals surface area (Å²) < 4.78 is 0. The zero-order chi connectivity index (χ0) is 22.4. The van der Waals surface area contributed by atoms with E-state index in [1.165, 1.54) is 18.2 Å². The lowest BCUT2D eigenvalue weighted by atomic mass is 9.96. The summed E-state index contributed by atoms with van der Waals surface area (Å²) in [6.07, 6.45) is 1.86. The number of aromatic hydroxyl groups is 1. The molecule has 31 heavy (non-hydrogen) atoms. The summed E-state index contributed by atoms with van der Waals surface area (Å²) in [6.45, 7) is 0.394. The van der Waals surface area contributed by atoms with Crippen LogP contribution < -0.4 is 22.1 Å². The van der Waals surface area contributed by atoms with E-state index in [9.17, 15) is 19.5 Å². The number of aliphatic imine (C=N–C) groups is 1. The van der Waals surface area contributed by atoms with Crippen molar-refractivity contribution < 1.29 is 19.5 Å². The summed E-state index contributed by atoms with van der Waals surface area (Å²) in [5.74, 6) is -1.35. The van der Waals surface area contributed by atoms with Gasteiger partial charge in [0.25, 0.3) is 5.91 Å². The second kappa shape index (κ2) is 9.96. The number of phenols is 1. The number of nitrogens with one attached hydrogen (secondary N) is 2. The normalized spacial score (nSPS) is 13.8. The predicted octanol–water partition coefficient (Wildman–Crippen LogP) is 1.22. The average Bonchev–Trinajstić information content (AvgIpc) is 2.75. The molecule has 2 atom stereocenters. The van der Waals surface area contributed by atoms with Crippen molar-refractivity contribution in [3.63, 3.8) is 0 Å². The molecule has 1 aliphatic rings. The number of carbonyl (C=O) groups excluding carboxylic acids is 3. The minimum atomic E-state index is -0.839. The van der Waals surface area contributed by atoms with E-state index >= 15 is 0 Å². The number of benzene rings is 2. The molecule has 2 aromatic carbocycles. The lowest BCUT2D eigenvalue weighted by Gasteiger charge is -2.21. The van der Waals surface area contributed by atoms with E-state index in [0.29, 0.717) is 31.4 Å². The van der Waals surface area contributed by atoms with Crippen LogP contribution in [0.2, 0.25) is 0 Å². The zero-order valence-corrected chi connectivity index (χ0v) is 16.9. The van der Waals surface area contributed by atoms with Crippen LogP contribution >= 0.6 is 0 Å². The number of aldehydes is 1. The number of hydrogen-bond donors (Lipinski definition) is 5. The first kappa shape index (κ1) is 22.1. The number of fused-ring (bicyclic) bond motifs is 1. The van der Waals surface area contributed by atoms with Crippen LogP contribution in [0.3, 0.4) is 0 Å². The minimum Gasteiger partial charge on any atom is -0.507 e. The molecule has 0 radical (unpaired) electrons. The van der Waals surface area contributed by atoms with Crippen LogP contribution in [0.15, 0.2) is 47.5 Å². The van der Waals surface area contributed by atoms with Gasteiger partial charge in [0.05, 0.1) is 29.0 Å². The Labute approximate surface area is 179 Å². The monoisotopic (exact) mass is 423 g/mol. The van der Waals surface area contributed by atoms with Crippen LogP contribution in [-0.4, -0.2) is 47.5 Å². The van der Waals surface area contributed by atoms with Crippen LogP contribution in [0.4, 0.5) is 11.4 Å². The van der Waals surface area contributed by atoms with Crippen LogP contribution in [-0.2, 0) is 9.59 Å². The third-order valence-corrected chi connectivity index (χ3v) is 4.93. The summed E-state index contributed by atoms with van der Waals surface area (Å²) in [7, 11) is 0. The zero-order valence-electron chi connectivity index (χ0n) is 16.9. The molecule has 0 aliphatic carbocycles. The van der Waals surface area contributed by atoms with Gasteiger partial charge in [-0.15, -0.1) is 0 Å². The summed E-state index contributed by atoms with van der Waals surface area (Å²) in [4.78, 5) is 40.5. The molecular weight excluding hydrogens is 398 g/mol. The Morgan fingerprint density at radius 1 is 1.19 bits per heavy atom. The van der Waals surface area contributed by atoms with Crippen molar-refractivity contribution >= 4 is 35.2 Å². The Balaban J connectivity index is 1.62. The van der Waals surface area contributed by atoms with Gasteiger partial charge in [-0.2, -0.15) is 0 Å². The molecule has 1 heterocycles. The average molecular weight is 423 g/mol. The van der Waals surface area contributed by atoms with Crippen molar-refractivity contribution in [1.29, 1.82) is 0 Å². The number of amides is 2. The molecule has 3 rings (SSSR count). The van der Waals surface area contributed by atoms with Gasteiger partial charge in [0.15, 0.2) is 0 Å². The highest BCUT2D eigenvalue weighted by Crippen LogP contribution is 2.31. The molecule has 0 spiro atoms. The van der Waals surface area contributed by atoms with Crippen molar-refractivity contribution in [1.82, 2.24) is 5.32 Å². The standard InChI is InChI=1S/C22H25N5O4/c23-9-3-4-14(12-28)26-21(30)16-10-13(7-8-20(16)29)25-22(31)17(24)11-19-15-5-1-2-6-18(15)27-19/h1-2,5-8,10,12,14,17,29H,3-4,9,11,23-24H2,(H,25,31)(H,26,30). The lowest BCUT2D eigenvalue weighted by Crippen LogP contribution is -2.38. The molecule has 0 saturated heterocycles. The molecule has 0 fully saturated rings. The van der Waals surface area contributed by atoms with Gasteiger partial charge in [-0.05, 0) is 43.7 Å². The second-order valence-electron chi connectivity index (χ2n) is 7.25. The van der Waals surface area contributed by atoms with Gasteiger partial charge in [-0.1, -0.05) is 18.2 Å². The number of hydrogen-bond acceptors (Lipinski definition) is 7. The second-order valence-corrected chi connectivity index (χ2v) is 7.25. The van der Waals surface area contributed by atoms with Gasteiger partial charge in [-0.3, -0.25) is 14.6 Å². The predicted molar refractivity (Wildman–Crippen MR) is 118 cm³/mol. The Morgan fingerprint density at radius 3 is 2.68 bits per heavy atom. The molecule has 1 aliphatic heterocycles. The minimum absolute atomic E-state index is 0.0664. The third-order valence-electron chi connectivity index (χ3n) is 4.93. The summed E-state index contributed by atoms with van der Waals surface area (Å²) in [6, 6.07) is 10.1. The fourth-order valence-corrected chi connectivity index (χ4v) is 3.21. The Hall–Kier alpha value is -3.56. The van der Waals surface area contributed by atoms with Gasteiger partial charge in [0, 0.05) is 17.7 Å². The summed E-state index contributed by atoms with van der Waals surface area (Å²) in [5.41, 5.74) is 14.3. The smallest absolute Gasteiger partial charge is 0.255 e. The first-order chi connectivity index (χ1) is 14.9. The quantitative estimate of drug-likeness (QED) is 0.285. The maximum atomic E-state index is 12.5. The van der Waals surface area contributed by atoms with Gasteiger partial charge in [-0.25, -0.2) is 0 Å². The van der Waals surface area contributed by atoms with Crippen molar-refractivity contribution in [2.75, 3.05) is 11.9 Å². The number of nitrogens with zero attached hydrogens (tertiary/aromatic N) is 1. The number of nitrogens with two attached hydrogens (primary N) is 2. The Morgan fingerprint density at radius 2 is 1.97 bits per heavy atom. The van der Waals surface area contributed by atoms with Gasteiger partial charge in [0.2, 0.25) is 5.91 Å². The van der Waals surface area contributed by atoms with E-state index in [1.807, 2.05) is 24.3 Å². The highest BCUT2D eigenvalue weighted by atomic mass is 16.3. The molecule has 2 amide bonds. The highest BCUT2D eigenvalue weighted by molar-refractivity contribution is 6.14. The maximum absolute atomic E-state index is 12.5. The van der Waals surface area contributed by atoms with Crippen molar-refractivity contribution in [2.24, 2.45) is 16.5 Å². The van der Waals surface area contributed by atoms with E-state index in [-0.39, 0.29) is 17.7 Å². The number of anilines is 1. The number of para-hydroxylation sites is 1. The number of phenolic OH excluding ortho intramolecular Hbond substituents is 1. The first-order valence-electron chi connectivity index (χ1n) is 9.95. The SMILES string of the molecule is NCCCC(C=O)NC(=O)c1cc(NC(=O)C(N)CC2=Nc3ccccc32)ccc1O. The van der Waals surface area contributed by atoms with Crippen molar-refractivity contribution in [2.45, 2.75) is 31.3 Å². The van der Waals surface area contributed by atoms with Crippen molar-refractivity contribution in [3.05, 3.63) is 53.6 Å². The fraction of sp³-hybridized carbons (Fsp3) is 0.273. The van der Waals surface area contributed by atoms with Gasteiger partial charge in [0.1, 0.15) is 12.0 Å². The number of rotatable bonds is 10. The molecule has 9 heteroatoms. The molecule has 2 aromatic rings. The van der Waals surface area contributed by atoms with E-state index in [1.54, 1.807) is 0 Å². The van der Waals surface area contributed by atoms with Crippen molar-refractivity contribution in [3.8, 4) is 5.75 Å². The Kier molecular flexibility index (Phi) is 7.11. The van der Waals surface area contributed by atoms with E-state index in [2.05, 4.69) is 15.6 Å². The highest BCUT2D eigenvalue weighted by Gasteiger charge is 2.24. The topological polar surface area (TPSA) is 160 Å². The lowest BCUT2D eigenvalue weighted by molar-refractivity contribution is -0.117. The molecule has 0 saturated carbocycles. The van der Waals surface area contributed by atoms with E-state index in [0.717, 1.165) is 17.0 Å². The third kappa shape index (κ3) is 5.33. The first-order valence-corrected chi connectivity index (χ1v) is 9.95. The molecule has 2 unspecified atom stereocenters. The molecule has 162 valence electrons. The van der Waals surface area contributed by atoms with Gasteiger partial charge < -0.3 is 32.0 Å². The molecule has 9 nitrogen and oxygen atoms in total. The Bertz CT molecular complexity index is 1020. The summed E-state index contributed by atoms with van der Waals surface area (Å²) in [5, 5.41) is 15.2. The molecule has 0 bridgehead atoms. The van der Waals surface area contributed by atoms with Gasteiger partial charge >= 0.3 is 0 Å². The van der Waals surface area contributed by atoms with E-state index in [4.69, 9.17) is 11.5 Å². The fourth-order valence-electron chi connectivity index (χ4n) is 3.21.